The first kappa shape index (κ1) is 17.2. The Bertz CT molecular complexity index is 969. The van der Waals surface area contributed by atoms with Crippen molar-refractivity contribution in [1.82, 2.24) is 15.5 Å². The highest BCUT2D eigenvalue weighted by Gasteiger charge is 2.21. The molecule has 1 atom stereocenters. The summed E-state index contributed by atoms with van der Waals surface area (Å²) in [5, 5.41) is 25.7. The Morgan fingerprint density at radius 2 is 2.19 bits per heavy atom. The molecule has 1 aliphatic heterocycles. The third-order valence-corrected chi connectivity index (χ3v) is 5.81. The normalized spacial score (nSPS) is 17.3. The van der Waals surface area contributed by atoms with Crippen LogP contribution >= 0.6 is 22.9 Å². The molecule has 1 fully saturated rings. The largest absolute Gasteiger partial charge is 0.476 e. The summed E-state index contributed by atoms with van der Waals surface area (Å²) in [6.07, 6.45) is 3.42. The van der Waals surface area contributed by atoms with E-state index in [4.69, 9.17) is 11.6 Å². The fourth-order valence-electron chi connectivity index (χ4n) is 3.11. The standard InChI is InChI=1S/C18H17ClN4O2S/c19-11-5-3-4-10(8-11)13-9-12-16(26-13)15(18(24)25)22-23-17(12)21-14-6-1-2-7-20-14/h3-5,8-9,14,20H,1-2,6-7H2,(H,21,23)(H,24,25). The Morgan fingerprint density at radius 3 is 2.92 bits per heavy atom. The van der Waals surface area contributed by atoms with Gasteiger partial charge in [-0.15, -0.1) is 21.5 Å². The SMILES string of the molecule is O=C(O)c1nnc(NC2CCCCN2)c2cc(-c3cccc(Cl)c3)sc12. The second-order valence-electron chi connectivity index (χ2n) is 6.21. The number of nitrogens with zero attached hydrogens (tertiary/aromatic N) is 2. The number of aromatic carboxylic acids is 1. The Kier molecular flexibility index (Phi) is 4.76. The maximum absolute atomic E-state index is 11.6. The predicted molar refractivity (Wildman–Crippen MR) is 104 cm³/mol. The molecule has 0 radical (unpaired) electrons. The number of anilines is 1. The van der Waals surface area contributed by atoms with Gasteiger partial charge in [0.05, 0.1) is 10.9 Å². The molecule has 3 heterocycles. The molecule has 2 aromatic heterocycles. The van der Waals surface area contributed by atoms with Gasteiger partial charge in [0, 0.05) is 15.3 Å². The number of benzene rings is 1. The van der Waals surface area contributed by atoms with Crippen molar-refractivity contribution in [3.8, 4) is 10.4 Å². The summed E-state index contributed by atoms with van der Waals surface area (Å²) in [7, 11) is 0. The highest BCUT2D eigenvalue weighted by atomic mass is 35.5. The zero-order chi connectivity index (χ0) is 18.1. The number of carboxylic acids is 1. The maximum atomic E-state index is 11.6. The van der Waals surface area contributed by atoms with Crippen LogP contribution in [0.5, 0.6) is 0 Å². The van der Waals surface area contributed by atoms with Gasteiger partial charge in [0.2, 0.25) is 0 Å². The average Bonchev–Trinajstić information content (AvgIpc) is 3.08. The summed E-state index contributed by atoms with van der Waals surface area (Å²) in [4.78, 5) is 12.5. The molecule has 1 saturated heterocycles. The number of carbonyl (C=O) groups is 1. The molecule has 1 unspecified atom stereocenters. The summed E-state index contributed by atoms with van der Waals surface area (Å²) in [6, 6.07) is 9.46. The zero-order valence-corrected chi connectivity index (χ0v) is 15.4. The Balaban J connectivity index is 1.80. The van der Waals surface area contributed by atoms with Crippen molar-refractivity contribution in [3.05, 3.63) is 41.0 Å². The first-order valence-corrected chi connectivity index (χ1v) is 9.60. The lowest BCUT2D eigenvalue weighted by Crippen LogP contribution is -2.40. The van der Waals surface area contributed by atoms with Crippen molar-refractivity contribution in [2.45, 2.75) is 25.4 Å². The molecule has 3 aromatic rings. The van der Waals surface area contributed by atoms with E-state index in [0.29, 0.717) is 15.5 Å². The number of carboxylic acid groups (broad SMARTS) is 1. The number of hydrogen-bond acceptors (Lipinski definition) is 6. The second kappa shape index (κ2) is 7.19. The number of rotatable bonds is 4. The van der Waals surface area contributed by atoms with Crippen LogP contribution in [0.15, 0.2) is 30.3 Å². The van der Waals surface area contributed by atoms with Crippen LogP contribution in [0.1, 0.15) is 29.8 Å². The average molecular weight is 389 g/mol. The predicted octanol–water partition coefficient (Wildman–Crippen LogP) is 4.22. The topological polar surface area (TPSA) is 87.1 Å². The van der Waals surface area contributed by atoms with E-state index in [1.54, 1.807) is 0 Å². The monoisotopic (exact) mass is 388 g/mol. The van der Waals surface area contributed by atoms with Crippen LogP contribution in [0.2, 0.25) is 5.02 Å². The van der Waals surface area contributed by atoms with E-state index in [2.05, 4.69) is 20.8 Å². The van der Waals surface area contributed by atoms with Crippen molar-refractivity contribution in [3.63, 3.8) is 0 Å². The van der Waals surface area contributed by atoms with Gasteiger partial charge >= 0.3 is 5.97 Å². The molecular weight excluding hydrogens is 372 g/mol. The fraction of sp³-hybridized carbons (Fsp3) is 0.278. The number of nitrogens with one attached hydrogen (secondary N) is 2. The summed E-state index contributed by atoms with van der Waals surface area (Å²) < 4.78 is 0.612. The number of halogens is 1. The number of piperidine rings is 1. The van der Waals surface area contributed by atoms with E-state index in [0.717, 1.165) is 41.6 Å². The van der Waals surface area contributed by atoms with Gasteiger partial charge in [0.25, 0.3) is 0 Å². The van der Waals surface area contributed by atoms with Crippen LogP contribution in [-0.4, -0.2) is 34.0 Å². The van der Waals surface area contributed by atoms with Crippen molar-refractivity contribution in [2.75, 3.05) is 11.9 Å². The van der Waals surface area contributed by atoms with Crippen molar-refractivity contribution in [1.29, 1.82) is 0 Å². The summed E-state index contributed by atoms with van der Waals surface area (Å²) in [5.74, 6) is -0.474. The molecular formula is C18H17ClN4O2S. The lowest BCUT2D eigenvalue weighted by atomic mass is 10.1. The van der Waals surface area contributed by atoms with Gasteiger partial charge < -0.3 is 10.4 Å². The molecule has 134 valence electrons. The lowest BCUT2D eigenvalue weighted by molar-refractivity contribution is 0.0692. The zero-order valence-electron chi connectivity index (χ0n) is 13.8. The minimum absolute atomic E-state index is 0.0274. The van der Waals surface area contributed by atoms with Crippen LogP contribution in [0.4, 0.5) is 5.82 Å². The Labute approximate surface area is 159 Å². The quantitative estimate of drug-likeness (QED) is 0.620. The van der Waals surface area contributed by atoms with Gasteiger partial charge in [0.15, 0.2) is 11.5 Å². The van der Waals surface area contributed by atoms with E-state index in [1.807, 2.05) is 30.3 Å². The molecule has 1 aliphatic rings. The van der Waals surface area contributed by atoms with E-state index in [-0.39, 0.29) is 11.9 Å². The van der Waals surface area contributed by atoms with Crippen LogP contribution in [0, 0.1) is 0 Å². The van der Waals surface area contributed by atoms with Crippen molar-refractivity contribution >= 4 is 44.8 Å². The van der Waals surface area contributed by atoms with Crippen LogP contribution in [0.25, 0.3) is 20.5 Å². The summed E-state index contributed by atoms with van der Waals surface area (Å²) >= 11 is 7.49. The van der Waals surface area contributed by atoms with Crippen LogP contribution < -0.4 is 10.6 Å². The molecule has 6 nitrogen and oxygen atoms in total. The molecule has 1 aromatic carbocycles. The number of thiophene rings is 1. The van der Waals surface area contributed by atoms with Gasteiger partial charge in [-0.05, 0) is 49.6 Å². The van der Waals surface area contributed by atoms with E-state index in [1.165, 1.54) is 11.3 Å². The second-order valence-corrected chi connectivity index (χ2v) is 7.70. The smallest absolute Gasteiger partial charge is 0.357 e. The minimum Gasteiger partial charge on any atom is -0.476 e. The highest BCUT2D eigenvalue weighted by molar-refractivity contribution is 7.22. The number of aromatic nitrogens is 2. The molecule has 8 heteroatoms. The molecule has 4 rings (SSSR count). The van der Waals surface area contributed by atoms with Gasteiger partial charge in [-0.2, -0.15) is 0 Å². The number of fused-ring (bicyclic) bond motifs is 1. The van der Waals surface area contributed by atoms with Crippen LogP contribution in [0.3, 0.4) is 0 Å². The number of hydrogen-bond donors (Lipinski definition) is 3. The molecule has 26 heavy (non-hydrogen) atoms. The summed E-state index contributed by atoms with van der Waals surface area (Å²) in [6.45, 7) is 0.957. The Hall–Kier alpha value is -2.22. The highest BCUT2D eigenvalue weighted by Crippen LogP contribution is 2.38. The molecule has 0 amide bonds. The van der Waals surface area contributed by atoms with E-state index in [9.17, 15) is 9.90 Å². The van der Waals surface area contributed by atoms with E-state index >= 15 is 0 Å². The first-order valence-electron chi connectivity index (χ1n) is 8.41. The lowest BCUT2D eigenvalue weighted by Gasteiger charge is -2.24. The molecule has 0 aliphatic carbocycles. The van der Waals surface area contributed by atoms with Gasteiger partial charge in [-0.25, -0.2) is 4.79 Å². The molecule has 3 N–H and O–H groups in total. The molecule has 0 saturated carbocycles. The minimum atomic E-state index is -1.08. The van der Waals surface area contributed by atoms with Crippen molar-refractivity contribution < 1.29 is 9.90 Å². The van der Waals surface area contributed by atoms with Gasteiger partial charge in [0.1, 0.15) is 0 Å². The fourth-order valence-corrected chi connectivity index (χ4v) is 4.43. The maximum Gasteiger partial charge on any atom is 0.357 e. The van der Waals surface area contributed by atoms with Gasteiger partial charge in [-0.1, -0.05) is 23.7 Å². The van der Waals surface area contributed by atoms with Gasteiger partial charge in [-0.3, -0.25) is 5.32 Å². The first-order chi connectivity index (χ1) is 12.6. The third kappa shape index (κ3) is 3.38. The molecule has 0 bridgehead atoms. The van der Waals surface area contributed by atoms with Crippen LogP contribution in [-0.2, 0) is 0 Å². The molecule has 0 spiro atoms. The van der Waals surface area contributed by atoms with E-state index < -0.39 is 5.97 Å². The Morgan fingerprint density at radius 1 is 1.31 bits per heavy atom. The van der Waals surface area contributed by atoms with Crippen molar-refractivity contribution in [2.24, 2.45) is 0 Å². The third-order valence-electron chi connectivity index (χ3n) is 4.39. The summed E-state index contributed by atoms with van der Waals surface area (Å²) in [5.41, 5.74) is 0.914.